The summed E-state index contributed by atoms with van der Waals surface area (Å²) >= 11 is 5.89. The minimum Gasteiger partial charge on any atom is -0.381 e. The Balaban J connectivity index is 2.04. The van der Waals surface area contributed by atoms with E-state index in [1.807, 2.05) is 0 Å². The van der Waals surface area contributed by atoms with Crippen molar-refractivity contribution in [3.63, 3.8) is 0 Å². The van der Waals surface area contributed by atoms with Crippen LogP contribution < -0.4 is 4.72 Å². The third kappa shape index (κ3) is 5.87. The van der Waals surface area contributed by atoms with Gasteiger partial charge in [0.25, 0.3) is 5.91 Å². The average molecular weight is 505 g/mol. The van der Waals surface area contributed by atoms with Gasteiger partial charge in [0.15, 0.2) is 0 Å². The molecule has 0 spiro atoms. The highest BCUT2D eigenvalue weighted by atomic mass is 35.5. The van der Waals surface area contributed by atoms with Gasteiger partial charge >= 0.3 is 0 Å². The Kier molecular flexibility index (Phi) is 7.14. The molecule has 6 nitrogen and oxygen atoms in total. The number of nitrogens with zero attached hydrogens (tertiary/aromatic N) is 1. The highest BCUT2D eigenvalue weighted by Crippen LogP contribution is 2.32. The van der Waals surface area contributed by atoms with E-state index in [4.69, 9.17) is 11.6 Å². The quantitative estimate of drug-likeness (QED) is 0.633. The first kappa shape index (κ1) is 25.5. The van der Waals surface area contributed by atoms with Gasteiger partial charge in [0.05, 0.1) is 24.9 Å². The molecule has 0 aliphatic carbocycles. The van der Waals surface area contributed by atoms with Crippen LogP contribution in [0, 0.1) is 11.6 Å². The molecular weight excluding hydrogens is 481 g/mol. The number of likely N-dealkylation sites (tertiary alicyclic amines) is 1. The van der Waals surface area contributed by atoms with Crippen molar-refractivity contribution in [3.8, 4) is 11.1 Å². The second kappa shape index (κ2) is 9.25. The molecule has 0 saturated carbocycles. The first-order valence-electron chi connectivity index (χ1n) is 10.1. The summed E-state index contributed by atoms with van der Waals surface area (Å²) < 4.78 is 69.9. The Labute approximate surface area is 195 Å². The summed E-state index contributed by atoms with van der Waals surface area (Å²) in [7, 11) is -3.86. The number of sulfonamides is 1. The van der Waals surface area contributed by atoms with Crippen LogP contribution in [0.3, 0.4) is 0 Å². The molecule has 1 aliphatic heterocycles. The molecule has 2 aromatic carbocycles. The minimum absolute atomic E-state index is 0.0386. The third-order valence-electron chi connectivity index (χ3n) is 5.39. The lowest BCUT2D eigenvalue weighted by molar-refractivity contribution is -0.149. The maximum absolute atomic E-state index is 15.4. The van der Waals surface area contributed by atoms with Crippen molar-refractivity contribution in [1.82, 2.24) is 9.62 Å². The van der Waals surface area contributed by atoms with Crippen molar-refractivity contribution in [1.29, 1.82) is 0 Å². The largest absolute Gasteiger partial charge is 0.381 e. The first-order chi connectivity index (χ1) is 15.2. The number of hydrogen-bond donors (Lipinski definition) is 2. The van der Waals surface area contributed by atoms with Gasteiger partial charge in [0.2, 0.25) is 10.0 Å². The molecule has 0 aromatic heterocycles. The van der Waals surface area contributed by atoms with Crippen LogP contribution in [0.4, 0.5) is 13.2 Å². The number of halogens is 4. The number of hydrogen-bond acceptors (Lipinski definition) is 4. The molecule has 3 atom stereocenters. The SMILES string of the molecule is CC(C)(O)C(=O)N1C[C@H](F)[C@H](NS(C)(=O)=O)[C@@H]1Cc1cccc(-c2cc(F)cc(Cl)c2)c1F. The maximum Gasteiger partial charge on any atom is 0.254 e. The van der Waals surface area contributed by atoms with E-state index in [1.54, 1.807) is 0 Å². The van der Waals surface area contributed by atoms with Crippen LogP contribution in [-0.4, -0.2) is 61.0 Å². The Morgan fingerprint density at radius 2 is 1.94 bits per heavy atom. The van der Waals surface area contributed by atoms with Crippen LogP contribution in [0.1, 0.15) is 19.4 Å². The number of alkyl halides is 1. The molecule has 0 bridgehead atoms. The van der Waals surface area contributed by atoms with Crippen LogP contribution in [-0.2, 0) is 21.2 Å². The number of rotatable bonds is 6. The van der Waals surface area contributed by atoms with Crippen LogP contribution in [0.2, 0.25) is 5.02 Å². The number of carbonyl (C=O) groups excluding carboxylic acids is 1. The zero-order valence-corrected chi connectivity index (χ0v) is 19.7. The first-order valence-corrected chi connectivity index (χ1v) is 12.3. The molecule has 11 heteroatoms. The van der Waals surface area contributed by atoms with E-state index in [9.17, 15) is 27.1 Å². The maximum atomic E-state index is 15.4. The van der Waals surface area contributed by atoms with Gasteiger partial charge in [-0.25, -0.2) is 26.3 Å². The summed E-state index contributed by atoms with van der Waals surface area (Å²) in [6.07, 6.45) is -1.17. The molecule has 1 amide bonds. The fourth-order valence-electron chi connectivity index (χ4n) is 3.99. The summed E-state index contributed by atoms with van der Waals surface area (Å²) in [6, 6.07) is 5.45. The van der Waals surface area contributed by atoms with Crippen molar-refractivity contribution in [2.75, 3.05) is 12.8 Å². The summed E-state index contributed by atoms with van der Waals surface area (Å²) in [5.41, 5.74) is -1.57. The predicted molar refractivity (Wildman–Crippen MR) is 119 cm³/mol. The van der Waals surface area contributed by atoms with E-state index < -0.39 is 58.0 Å². The average Bonchev–Trinajstić information content (AvgIpc) is 2.95. The van der Waals surface area contributed by atoms with Crippen LogP contribution in [0.25, 0.3) is 11.1 Å². The molecule has 2 aromatic rings. The molecule has 0 unspecified atom stereocenters. The lowest BCUT2D eigenvalue weighted by atomic mass is 9.95. The monoisotopic (exact) mass is 504 g/mol. The van der Waals surface area contributed by atoms with Gasteiger partial charge in [0.1, 0.15) is 23.4 Å². The molecule has 180 valence electrons. The van der Waals surface area contributed by atoms with Gasteiger partial charge in [-0.3, -0.25) is 4.79 Å². The van der Waals surface area contributed by atoms with Crippen molar-refractivity contribution in [3.05, 3.63) is 58.6 Å². The van der Waals surface area contributed by atoms with Crippen LogP contribution in [0.5, 0.6) is 0 Å². The highest BCUT2D eigenvalue weighted by Gasteiger charge is 2.48. The molecule has 1 heterocycles. The van der Waals surface area contributed by atoms with Crippen molar-refractivity contribution >= 4 is 27.5 Å². The number of aliphatic hydroxyl groups is 1. The number of amides is 1. The van der Waals surface area contributed by atoms with E-state index in [2.05, 4.69) is 4.72 Å². The molecule has 33 heavy (non-hydrogen) atoms. The number of benzene rings is 2. The van der Waals surface area contributed by atoms with E-state index in [0.29, 0.717) is 0 Å². The Morgan fingerprint density at radius 3 is 2.52 bits per heavy atom. The molecule has 2 N–H and O–H groups in total. The standard InChI is InChI=1S/C22H24ClF3N2O4S/c1-22(2,30)21(29)28-11-17(25)20(27-33(3,31)32)18(28)9-12-5-4-6-16(19(12)26)13-7-14(23)10-15(24)8-13/h4-8,10,17-18,20,27,30H,9,11H2,1-3H3/t17-,18-,20-/m0/s1. The smallest absolute Gasteiger partial charge is 0.254 e. The van der Waals surface area contributed by atoms with Crippen LogP contribution >= 0.6 is 11.6 Å². The van der Waals surface area contributed by atoms with Gasteiger partial charge in [-0.15, -0.1) is 0 Å². The molecule has 3 rings (SSSR count). The Bertz CT molecular complexity index is 1150. The Morgan fingerprint density at radius 1 is 1.27 bits per heavy atom. The van der Waals surface area contributed by atoms with E-state index in [1.165, 1.54) is 38.1 Å². The topological polar surface area (TPSA) is 86.7 Å². The van der Waals surface area contributed by atoms with Gasteiger partial charge < -0.3 is 10.0 Å². The number of carbonyl (C=O) groups is 1. The molecular formula is C22H24ClF3N2O4S. The van der Waals surface area contributed by atoms with Crippen molar-refractivity contribution in [2.45, 2.75) is 44.1 Å². The Hall–Kier alpha value is -2.14. The zero-order chi connectivity index (χ0) is 24.7. The van der Waals surface area contributed by atoms with Gasteiger partial charge in [0, 0.05) is 10.6 Å². The molecule has 0 radical (unpaired) electrons. The summed E-state index contributed by atoms with van der Waals surface area (Å²) in [4.78, 5) is 13.8. The van der Waals surface area contributed by atoms with E-state index in [0.717, 1.165) is 23.3 Å². The molecule has 1 aliphatic rings. The predicted octanol–water partition coefficient (Wildman–Crippen LogP) is 3.07. The zero-order valence-electron chi connectivity index (χ0n) is 18.1. The summed E-state index contributed by atoms with van der Waals surface area (Å²) in [5.74, 6) is -2.21. The van der Waals surface area contributed by atoms with Crippen molar-refractivity contribution in [2.24, 2.45) is 0 Å². The van der Waals surface area contributed by atoms with Gasteiger partial charge in [-0.05, 0) is 49.6 Å². The fraction of sp³-hybridized carbons (Fsp3) is 0.409. The second-order valence-corrected chi connectivity index (χ2v) is 10.9. The highest BCUT2D eigenvalue weighted by molar-refractivity contribution is 7.88. The fourth-order valence-corrected chi connectivity index (χ4v) is 5.01. The molecule has 1 fully saturated rings. The van der Waals surface area contributed by atoms with Crippen molar-refractivity contribution < 1.29 is 31.5 Å². The lowest BCUT2D eigenvalue weighted by Gasteiger charge is -2.32. The summed E-state index contributed by atoms with van der Waals surface area (Å²) in [6.45, 7) is 1.99. The van der Waals surface area contributed by atoms with E-state index >= 15 is 4.39 Å². The van der Waals surface area contributed by atoms with E-state index in [-0.39, 0.29) is 28.1 Å². The van der Waals surface area contributed by atoms with Gasteiger partial charge in [-0.1, -0.05) is 29.8 Å². The minimum atomic E-state index is -3.86. The van der Waals surface area contributed by atoms with Crippen LogP contribution in [0.15, 0.2) is 36.4 Å². The third-order valence-corrected chi connectivity index (χ3v) is 6.31. The summed E-state index contributed by atoms with van der Waals surface area (Å²) in [5, 5.41) is 10.2. The normalized spacial score (nSPS) is 21.5. The number of nitrogens with one attached hydrogen (secondary N) is 1. The second-order valence-electron chi connectivity index (χ2n) is 8.66. The van der Waals surface area contributed by atoms with Gasteiger partial charge in [-0.2, -0.15) is 0 Å². The lowest BCUT2D eigenvalue weighted by Crippen LogP contribution is -2.53. The molecule has 1 saturated heterocycles.